The highest BCUT2D eigenvalue weighted by Crippen LogP contribution is 2.35. The molecule has 3 nitrogen and oxygen atoms in total. The number of aryl methyl sites for hydroxylation is 1. The maximum atomic E-state index is 13.0. The van der Waals surface area contributed by atoms with Crippen molar-refractivity contribution < 1.29 is 13.2 Å². The van der Waals surface area contributed by atoms with Gasteiger partial charge in [0.25, 0.3) is 0 Å². The van der Waals surface area contributed by atoms with Crippen molar-refractivity contribution in [2.75, 3.05) is 24.5 Å². The van der Waals surface area contributed by atoms with E-state index in [1.807, 2.05) is 24.8 Å². The lowest BCUT2D eigenvalue weighted by molar-refractivity contribution is -0.176. The van der Waals surface area contributed by atoms with Crippen LogP contribution in [0, 0.1) is 12.8 Å². The van der Waals surface area contributed by atoms with Crippen LogP contribution in [0.1, 0.15) is 31.0 Å². The summed E-state index contributed by atoms with van der Waals surface area (Å²) in [5.74, 6) is -1.23. The summed E-state index contributed by atoms with van der Waals surface area (Å²) >= 11 is 0. The van der Waals surface area contributed by atoms with Crippen LogP contribution in [0.4, 0.5) is 18.9 Å². The summed E-state index contributed by atoms with van der Waals surface area (Å²) < 4.78 is 38.9. The molecule has 1 N–H and O–H groups in total. The molecule has 1 aromatic heterocycles. The van der Waals surface area contributed by atoms with E-state index in [0.29, 0.717) is 19.5 Å². The summed E-state index contributed by atoms with van der Waals surface area (Å²) in [6, 6.07) is 1.89. The zero-order valence-electron chi connectivity index (χ0n) is 12.5. The number of halogens is 3. The lowest BCUT2D eigenvalue weighted by Crippen LogP contribution is -2.42. The fraction of sp³-hybridized carbons (Fsp3) is 0.667. The van der Waals surface area contributed by atoms with E-state index >= 15 is 0 Å². The highest BCUT2D eigenvalue weighted by Gasteiger charge is 2.42. The van der Waals surface area contributed by atoms with E-state index in [2.05, 4.69) is 10.3 Å². The monoisotopic (exact) mass is 301 g/mol. The van der Waals surface area contributed by atoms with Crippen LogP contribution in [-0.4, -0.2) is 30.8 Å². The van der Waals surface area contributed by atoms with Crippen LogP contribution in [0.5, 0.6) is 0 Å². The van der Waals surface area contributed by atoms with Gasteiger partial charge in [-0.25, -0.2) is 0 Å². The van der Waals surface area contributed by atoms with E-state index in [4.69, 9.17) is 0 Å². The quantitative estimate of drug-likeness (QED) is 0.925. The number of alkyl halides is 3. The number of nitrogens with zero attached hydrogens (tertiary/aromatic N) is 2. The molecule has 0 saturated carbocycles. The van der Waals surface area contributed by atoms with Gasteiger partial charge in [-0.05, 0) is 32.4 Å². The SMILES string of the molecule is CCNCc1cnc(C)cc1N1CCCC(C(F)(F)F)C1. The van der Waals surface area contributed by atoms with E-state index < -0.39 is 12.1 Å². The van der Waals surface area contributed by atoms with Crippen molar-refractivity contribution in [3.63, 3.8) is 0 Å². The second kappa shape index (κ2) is 6.64. The molecular formula is C15H22F3N3. The number of pyridine rings is 1. The molecule has 0 aromatic carbocycles. The van der Waals surface area contributed by atoms with Crippen molar-refractivity contribution in [2.24, 2.45) is 5.92 Å². The molecule has 6 heteroatoms. The third-order valence-corrected chi connectivity index (χ3v) is 3.89. The molecule has 1 atom stereocenters. The predicted octanol–water partition coefficient (Wildman–Crippen LogP) is 3.28. The first kappa shape index (κ1) is 16.1. The first-order valence-corrected chi connectivity index (χ1v) is 7.39. The van der Waals surface area contributed by atoms with Crippen LogP contribution in [0.25, 0.3) is 0 Å². The Hall–Kier alpha value is -1.30. The summed E-state index contributed by atoms with van der Waals surface area (Å²) in [5, 5.41) is 3.22. The largest absolute Gasteiger partial charge is 0.393 e. The Bertz CT molecular complexity index is 474. The molecule has 1 aliphatic rings. The standard InChI is InChI=1S/C15H22F3N3/c1-3-19-8-12-9-20-11(2)7-14(12)21-6-4-5-13(10-21)15(16,17)18/h7,9,13,19H,3-6,8,10H2,1-2H3. The zero-order chi connectivity index (χ0) is 15.5. The summed E-state index contributed by atoms with van der Waals surface area (Å²) in [6.45, 7) is 6.04. The minimum Gasteiger partial charge on any atom is -0.371 e. The van der Waals surface area contributed by atoms with Gasteiger partial charge in [0.1, 0.15) is 0 Å². The summed E-state index contributed by atoms with van der Waals surface area (Å²) in [6.07, 6.45) is -1.54. The summed E-state index contributed by atoms with van der Waals surface area (Å²) in [7, 11) is 0. The highest BCUT2D eigenvalue weighted by atomic mass is 19.4. The van der Waals surface area contributed by atoms with Gasteiger partial charge in [-0.3, -0.25) is 4.98 Å². The van der Waals surface area contributed by atoms with Crippen molar-refractivity contribution in [1.82, 2.24) is 10.3 Å². The molecule has 0 aliphatic carbocycles. The van der Waals surface area contributed by atoms with Gasteiger partial charge in [0.05, 0.1) is 5.92 Å². The third kappa shape index (κ3) is 4.09. The van der Waals surface area contributed by atoms with E-state index in [0.717, 1.165) is 23.5 Å². The van der Waals surface area contributed by atoms with Crippen LogP contribution in [0.2, 0.25) is 0 Å². The lowest BCUT2D eigenvalue weighted by Gasteiger charge is -2.36. The Morgan fingerprint density at radius 3 is 2.86 bits per heavy atom. The number of hydrogen-bond donors (Lipinski definition) is 1. The molecule has 0 bridgehead atoms. The van der Waals surface area contributed by atoms with Crippen LogP contribution in [-0.2, 0) is 6.54 Å². The Morgan fingerprint density at radius 1 is 1.43 bits per heavy atom. The molecule has 118 valence electrons. The van der Waals surface area contributed by atoms with Gasteiger partial charge in [0.15, 0.2) is 0 Å². The van der Waals surface area contributed by atoms with Gasteiger partial charge in [-0.2, -0.15) is 13.2 Å². The molecule has 1 unspecified atom stereocenters. The van der Waals surface area contributed by atoms with E-state index in [9.17, 15) is 13.2 Å². The van der Waals surface area contributed by atoms with E-state index in [1.54, 1.807) is 6.20 Å². The normalized spacial score (nSPS) is 19.9. The predicted molar refractivity (Wildman–Crippen MR) is 77.3 cm³/mol. The Balaban J connectivity index is 2.21. The van der Waals surface area contributed by atoms with Gasteiger partial charge in [0, 0.05) is 42.8 Å². The molecule has 2 rings (SSSR count). The number of anilines is 1. The first-order chi connectivity index (χ1) is 9.91. The van der Waals surface area contributed by atoms with Crippen molar-refractivity contribution in [1.29, 1.82) is 0 Å². The average molecular weight is 301 g/mol. The fourth-order valence-electron chi connectivity index (χ4n) is 2.73. The second-order valence-corrected chi connectivity index (χ2v) is 5.56. The summed E-state index contributed by atoms with van der Waals surface area (Å²) in [4.78, 5) is 6.13. The van der Waals surface area contributed by atoms with Crippen molar-refractivity contribution >= 4 is 5.69 Å². The third-order valence-electron chi connectivity index (χ3n) is 3.89. The van der Waals surface area contributed by atoms with Crippen molar-refractivity contribution in [3.8, 4) is 0 Å². The second-order valence-electron chi connectivity index (χ2n) is 5.56. The van der Waals surface area contributed by atoms with Gasteiger partial charge < -0.3 is 10.2 Å². The van der Waals surface area contributed by atoms with Gasteiger partial charge in [-0.15, -0.1) is 0 Å². The van der Waals surface area contributed by atoms with Crippen molar-refractivity contribution in [2.45, 2.75) is 39.4 Å². The highest BCUT2D eigenvalue weighted by molar-refractivity contribution is 5.54. The number of rotatable bonds is 4. The smallest absolute Gasteiger partial charge is 0.371 e. The van der Waals surface area contributed by atoms with E-state index in [1.165, 1.54) is 0 Å². The van der Waals surface area contributed by atoms with E-state index in [-0.39, 0.29) is 13.0 Å². The van der Waals surface area contributed by atoms with Crippen LogP contribution in [0.15, 0.2) is 12.3 Å². The fourth-order valence-corrected chi connectivity index (χ4v) is 2.73. The Morgan fingerprint density at radius 2 is 2.19 bits per heavy atom. The first-order valence-electron chi connectivity index (χ1n) is 7.39. The number of piperidine rings is 1. The minimum absolute atomic E-state index is 0.0477. The molecular weight excluding hydrogens is 279 g/mol. The molecule has 1 fully saturated rings. The van der Waals surface area contributed by atoms with Crippen LogP contribution >= 0.6 is 0 Å². The van der Waals surface area contributed by atoms with Gasteiger partial charge >= 0.3 is 6.18 Å². The van der Waals surface area contributed by atoms with Gasteiger partial charge in [0.2, 0.25) is 0 Å². The number of nitrogens with one attached hydrogen (secondary N) is 1. The molecule has 0 amide bonds. The Labute approximate surface area is 123 Å². The lowest BCUT2D eigenvalue weighted by atomic mass is 9.96. The van der Waals surface area contributed by atoms with Gasteiger partial charge in [-0.1, -0.05) is 6.92 Å². The number of hydrogen-bond acceptors (Lipinski definition) is 3. The maximum absolute atomic E-state index is 13.0. The van der Waals surface area contributed by atoms with Crippen molar-refractivity contribution in [3.05, 3.63) is 23.5 Å². The molecule has 1 aromatic rings. The summed E-state index contributed by atoms with van der Waals surface area (Å²) in [5.41, 5.74) is 2.68. The molecule has 1 aliphatic heterocycles. The van der Waals surface area contributed by atoms with Crippen LogP contribution < -0.4 is 10.2 Å². The minimum atomic E-state index is -4.11. The average Bonchev–Trinajstić information content (AvgIpc) is 2.45. The molecule has 0 spiro atoms. The Kier molecular flexibility index (Phi) is 5.08. The molecule has 1 saturated heterocycles. The van der Waals surface area contributed by atoms with Crippen LogP contribution in [0.3, 0.4) is 0 Å². The number of aromatic nitrogens is 1. The zero-order valence-corrected chi connectivity index (χ0v) is 12.5. The molecule has 0 radical (unpaired) electrons. The molecule has 21 heavy (non-hydrogen) atoms. The topological polar surface area (TPSA) is 28.2 Å². The molecule has 2 heterocycles. The maximum Gasteiger partial charge on any atom is 0.393 e.